The molecule has 5 nitrogen and oxygen atoms in total. The maximum absolute atomic E-state index is 13.2. The average molecular weight is 409 g/mol. The van der Waals surface area contributed by atoms with Gasteiger partial charge in [0.1, 0.15) is 5.82 Å². The Labute approximate surface area is 158 Å². The lowest BCUT2D eigenvalue weighted by molar-refractivity contribution is -0.141. The molecule has 1 aromatic carbocycles. The van der Waals surface area contributed by atoms with E-state index in [4.69, 9.17) is 23.2 Å². The molecule has 10 heteroatoms. The van der Waals surface area contributed by atoms with Crippen molar-refractivity contribution < 1.29 is 18.3 Å². The van der Waals surface area contributed by atoms with Gasteiger partial charge in [0, 0.05) is 21.8 Å². The van der Waals surface area contributed by atoms with Gasteiger partial charge in [-0.1, -0.05) is 37.0 Å². The number of hydrogen-bond donors (Lipinski definition) is 3. The van der Waals surface area contributed by atoms with E-state index in [1.807, 2.05) is 13.8 Å². The summed E-state index contributed by atoms with van der Waals surface area (Å²) in [5, 5.41) is 15.5. The fourth-order valence-corrected chi connectivity index (χ4v) is 2.61. The molecule has 26 heavy (non-hydrogen) atoms. The molecule has 0 spiro atoms. The van der Waals surface area contributed by atoms with Crippen molar-refractivity contribution >= 4 is 40.7 Å². The first-order valence-corrected chi connectivity index (χ1v) is 8.41. The number of aliphatic hydroxyl groups excluding tert-OH is 1. The van der Waals surface area contributed by atoms with Crippen LogP contribution in [0.1, 0.15) is 19.5 Å². The molecular weight excluding hydrogens is 392 g/mol. The van der Waals surface area contributed by atoms with Gasteiger partial charge in [-0.15, -0.1) is 0 Å². The Balaban J connectivity index is 2.39. The minimum absolute atomic E-state index is 0.0405. The van der Waals surface area contributed by atoms with E-state index < -0.39 is 17.9 Å². The first kappa shape index (κ1) is 20.5. The summed E-state index contributed by atoms with van der Waals surface area (Å²) in [7, 11) is 0. The molecule has 2 aromatic rings. The largest absolute Gasteiger partial charge is 0.433 e. The van der Waals surface area contributed by atoms with Crippen molar-refractivity contribution in [1.29, 1.82) is 0 Å². The van der Waals surface area contributed by atoms with Crippen LogP contribution in [0.3, 0.4) is 0 Å². The van der Waals surface area contributed by atoms with Crippen molar-refractivity contribution in [3.05, 3.63) is 40.0 Å². The van der Waals surface area contributed by atoms with Crippen LogP contribution >= 0.6 is 23.2 Å². The van der Waals surface area contributed by atoms with Gasteiger partial charge in [0.05, 0.1) is 12.6 Å². The van der Waals surface area contributed by atoms with Crippen molar-refractivity contribution in [2.24, 2.45) is 5.92 Å². The third-order valence-electron chi connectivity index (χ3n) is 3.47. The second-order valence-corrected chi connectivity index (χ2v) is 6.79. The molecule has 0 amide bonds. The number of halogens is 5. The summed E-state index contributed by atoms with van der Waals surface area (Å²) in [4.78, 5) is 7.54. The van der Waals surface area contributed by atoms with E-state index in [0.29, 0.717) is 15.7 Å². The van der Waals surface area contributed by atoms with Crippen LogP contribution in [0.5, 0.6) is 0 Å². The third kappa shape index (κ3) is 5.62. The number of aromatic nitrogens is 2. The SMILES string of the molecule is CC(C)[C@H](CO)Nc1nc(Nc2cc(Cl)cc(Cl)c2)cc(C(F)(F)F)n1. The van der Waals surface area contributed by atoms with Crippen molar-refractivity contribution in [3.63, 3.8) is 0 Å². The number of hydrogen-bond acceptors (Lipinski definition) is 5. The standard InChI is InChI=1S/C16H17Cl2F3N4O/c1-8(2)12(7-26)23-15-24-13(16(19,20)21)6-14(25-15)22-11-4-9(17)3-10(18)5-11/h3-6,8,12,26H,7H2,1-2H3,(H2,22,23,24,25)/t12-/m0/s1. The van der Waals surface area contributed by atoms with Gasteiger partial charge in [0.15, 0.2) is 5.69 Å². The number of alkyl halides is 3. The Morgan fingerprint density at radius 3 is 2.19 bits per heavy atom. The van der Waals surface area contributed by atoms with E-state index in [2.05, 4.69) is 20.6 Å². The zero-order valence-corrected chi connectivity index (χ0v) is 15.4. The van der Waals surface area contributed by atoms with E-state index in [0.717, 1.165) is 6.07 Å². The third-order valence-corrected chi connectivity index (χ3v) is 3.90. The summed E-state index contributed by atoms with van der Waals surface area (Å²) in [6.45, 7) is 3.35. The smallest absolute Gasteiger partial charge is 0.394 e. The average Bonchev–Trinajstić information content (AvgIpc) is 2.50. The van der Waals surface area contributed by atoms with Gasteiger partial charge >= 0.3 is 6.18 Å². The van der Waals surface area contributed by atoms with Gasteiger partial charge < -0.3 is 15.7 Å². The van der Waals surface area contributed by atoms with Crippen molar-refractivity contribution in [2.45, 2.75) is 26.1 Å². The number of rotatable bonds is 6. The second-order valence-electron chi connectivity index (χ2n) is 5.92. The Morgan fingerprint density at radius 2 is 1.69 bits per heavy atom. The van der Waals surface area contributed by atoms with Gasteiger partial charge in [0.2, 0.25) is 5.95 Å². The predicted octanol–water partition coefficient (Wildman–Crippen LogP) is 4.97. The normalized spacial score (nSPS) is 13.0. The lowest BCUT2D eigenvalue weighted by atomic mass is 10.1. The Morgan fingerprint density at radius 1 is 1.08 bits per heavy atom. The topological polar surface area (TPSA) is 70.1 Å². The minimum Gasteiger partial charge on any atom is -0.394 e. The molecule has 0 saturated carbocycles. The molecule has 142 valence electrons. The van der Waals surface area contributed by atoms with Crippen LogP contribution in [0.4, 0.5) is 30.6 Å². The molecular formula is C16H17Cl2F3N4O. The molecule has 1 atom stereocenters. The maximum Gasteiger partial charge on any atom is 0.433 e. The number of aliphatic hydroxyl groups is 1. The van der Waals surface area contributed by atoms with Crippen LogP contribution in [0.2, 0.25) is 10.0 Å². The molecule has 0 bridgehead atoms. The molecule has 0 aliphatic carbocycles. The molecule has 1 heterocycles. The highest BCUT2D eigenvalue weighted by Crippen LogP contribution is 2.31. The highest BCUT2D eigenvalue weighted by molar-refractivity contribution is 6.35. The van der Waals surface area contributed by atoms with Crippen LogP contribution in [0.25, 0.3) is 0 Å². The molecule has 2 rings (SSSR count). The van der Waals surface area contributed by atoms with E-state index in [1.54, 1.807) is 0 Å². The highest BCUT2D eigenvalue weighted by Gasteiger charge is 2.34. The van der Waals surface area contributed by atoms with Gasteiger partial charge in [0.25, 0.3) is 0 Å². The van der Waals surface area contributed by atoms with Gasteiger partial charge in [-0.2, -0.15) is 18.2 Å². The van der Waals surface area contributed by atoms with E-state index >= 15 is 0 Å². The molecule has 1 aromatic heterocycles. The summed E-state index contributed by atoms with van der Waals surface area (Å²) >= 11 is 11.8. The van der Waals surface area contributed by atoms with Crippen LogP contribution in [0, 0.1) is 5.92 Å². The lowest BCUT2D eigenvalue weighted by Gasteiger charge is -2.21. The van der Waals surface area contributed by atoms with Crippen molar-refractivity contribution in [1.82, 2.24) is 9.97 Å². The molecule has 0 radical (unpaired) electrons. The molecule has 0 aliphatic heterocycles. The number of nitrogens with one attached hydrogen (secondary N) is 2. The first-order valence-electron chi connectivity index (χ1n) is 7.65. The van der Waals surface area contributed by atoms with Crippen molar-refractivity contribution in [2.75, 3.05) is 17.2 Å². The van der Waals surface area contributed by atoms with E-state index in [9.17, 15) is 18.3 Å². The molecule has 0 unspecified atom stereocenters. The summed E-state index contributed by atoms with van der Waals surface area (Å²) in [5.41, 5.74) is -0.742. The summed E-state index contributed by atoms with van der Waals surface area (Å²) < 4.78 is 39.5. The zero-order chi connectivity index (χ0) is 19.5. The minimum atomic E-state index is -4.66. The van der Waals surface area contributed by atoms with E-state index in [-0.39, 0.29) is 24.3 Å². The van der Waals surface area contributed by atoms with Gasteiger partial charge in [-0.3, -0.25) is 0 Å². The fourth-order valence-electron chi connectivity index (χ4n) is 2.08. The summed E-state index contributed by atoms with van der Waals surface area (Å²) in [6, 6.07) is 4.79. The quantitative estimate of drug-likeness (QED) is 0.628. The Bertz CT molecular complexity index is 751. The molecule has 0 saturated heterocycles. The van der Waals surface area contributed by atoms with Gasteiger partial charge in [-0.05, 0) is 24.1 Å². The fraction of sp³-hybridized carbons (Fsp3) is 0.375. The van der Waals surface area contributed by atoms with Crippen LogP contribution in [-0.2, 0) is 6.18 Å². The zero-order valence-electron chi connectivity index (χ0n) is 13.9. The highest BCUT2D eigenvalue weighted by atomic mass is 35.5. The number of nitrogens with zero attached hydrogens (tertiary/aromatic N) is 2. The second kappa shape index (κ2) is 8.28. The Hall–Kier alpha value is -1.77. The predicted molar refractivity (Wildman–Crippen MR) is 96.1 cm³/mol. The van der Waals surface area contributed by atoms with Crippen LogP contribution < -0.4 is 10.6 Å². The lowest BCUT2D eigenvalue weighted by Crippen LogP contribution is -2.30. The maximum atomic E-state index is 13.2. The van der Waals surface area contributed by atoms with E-state index in [1.165, 1.54) is 18.2 Å². The number of benzene rings is 1. The molecule has 0 fully saturated rings. The summed E-state index contributed by atoms with van der Waals surface area (Å²) in [5.74, 6) is -0.377. The monoisotopic (exact) mass is 408 g/mol. The first-order chi connectivity index (χ1) is 12.1. The molecule has 0 aliphatic rings. The van der Waals surface area contributed by atoms with Crippen molar-refractivity contribution in [3.8, 4) is 0 Å². The number of anilines is 3. The van der Waals surface area contributed by atoms with Gasteiger partial charge in [-0.25, -0.2) is 4.98 Å². The summed E-state index contributed by atoms with van der Waals surface area (Å²) in [6.07, 6.45) is -4.66. The van der Waals surface area contributed by atoms with Crippen LogP contribution in [-0.4, -0.2) is 27.7 Å². The molecule has 3 N–H and O–H groups in total. The Kier molecular flexibility index (Phi) is 6.54. The van der Waals surface area contributed by atoms with Crippen LogP contribution in [0.15, 0.2) is 24.3 Å².